The Morgan fingerprint density at radius 2 is 0.690 bits per heavy atom. The molecule has 1 fully saturated rings. The molecule has 1 rings (SSSR count). The second-order valence-electron chi connectivity index (χ2n) is 26.7. The Balaban J connectivity index is 2.14. The first-order valence-electron chi connectivity index (χ1n) is 37.9. The molecule has 0 aliphatic carbocycles. The van der Waals surface area contributed by atoms with Crippen LogP contribution in [-0.2, 0) is 14.3 Å². The highest BCUT2D eigenvalue weighted by atomic mass is 16.7. The van der Waals surface area contributed by atoms with Crippen LogP contribution in [0.1, 0.15) is 373 Å². The smallest absolute Gasteiger partial charge is 0.249 e. The predicted octanol–water partition coefficient (Wildman–Crippen LogP) is 18.9. The fraction of sp³-hybridized carbons (Fsp3) is 0.908. The number of carbonyl (C=O) groups excluding carboxylic acids is 1. The first-order valence-corrected chi connectivity index (χ1v) is 37.9. The molecule has 0 saturated carbocycles. The topological polar surface area (TPSA) is 189 Å². The molecule has 0 bridgehead atoms. The average molecular weight is 1230 g/mol. The first-order chi connectivity index (χ1) is 42.7. The van der Waals surface area contributed by atoms with Gasteiger partial charge in [0.25, 0.3) is 0 Å². The molecule has 1 aliphatic rings. The normalized spacial score (nSPS) is 18.8. The third-order valence-electron chi connectivity index (χ3n) is 18.4. The van der Waals surface area contributed by atoms with E-state index < -0.39 is 74.2 Å². The summed E-state index contributed by atoms with van der Waals surface area (Å²) >= 11 is 0. The minimum absolute atomic E-state index is 0.248. The van der Waals surface area contributed by atoms with E-state index >= 15 is 0 Å². The number of allylic oxidation sites excluding steroid dienone is 6. The molecular formula is C76H145NO10. The SMILES string of the molecule is CCCCCCCCCCCCCCC/C=C/CC/C=C/CCCC(O)C(O)C(COC1OC(CO)C(O)C(O)C1O)NC(=O)C(O)CCCCCCCCCCCCCCCCCC/C=C\CCCCCCCCCCCCCCCCCCCC. The summed E-state index contributed by atoms with van der Waals surface area (Å²) in [6, 6.07) is -1.19. The Hall–Kier alpha value is -1.67. The van der Waals surface area contributed by atoms with Crippen molar-refractivity contribution in [3.05, 3.63) is 36.5 Å². The highest BCUT2D eigenvalue weighted by Crippen LogP contribution is 2.24. The van der Waals surface area contributed by atoms with Crippen LogP contribution in [0.4, 0.5) is 0 Å². The Morgan fingerprint density at radius 1 is 0.391 bits per heavy atom. The minimum Gasteiger partial charge on any atom is -0.394 e. The summed E-state index contributed by atoms with van der Waals surface area (Å²) in [5.41, 5.74) is 0. The third-order valence-corrected chi connectivity index (χ3v) is 18.4. The molecule has 9 atom stereocenters. The lowest BCUT2D eigenvalue weighted by Gasteiger charge is -2.40. The second-order valence-corrected chi connectivity index (χ2v) is 26.7. The zero-order valence-corrected chi connectivity index (χ0v) is 57.0. The van der Waals surface area contributed by atoms with Crippen LogP contribution in [0.25, 0.3) is 0 Å². The number of ether oxygens (including phenoxy) is 2. The zero-order chi connectivity index (χ0) is 63.1. The van der Waals surface area contributed by atoms with Gasteiger partial charge in [-0.2, -0.15) is 0 Å². The average Bonchev–Trinajstić information content (AvgIpc) is 2.02. The van der Waals surface area contributed by atoms with E-state index in [9.17, 15) is 40.5 Å². The van der Waals surface area contributed by atoms with Crippen LogP contribution in [0.2, 0.25) is 0 Å². The summed E-state index contributed by atoms with van der Waals surface area (Å²) in [7, 11) is 0. The summed E-state index contributed by atoms with van der Waals surface area (Å²) < 4.78 is 11.2. The summed E-state index contributed by atoms with van der Waals surface area (Å²) in [6.07, 6.45) is 72.6. The third kappa shape index (κ3) is 51.5. The lowest BCUT2D eigenvalue weighted by molar-refractivity contribution is -0.303. The monoisotopic (exact) mass is 1230 g/mol. The van der Waals surface area contributed by atoms with Gasteiger partial charge in [-0.25, -0.2) is 0 Å². The molecule has 0 aromatic rings. The Kier molecular flexibility index (Phi) is 61.7. The molecule has 0 aromatic heterocycles. The van der Waals surface area contributed by atoms with Crippen molar-refractivity contribution in [1.82, 2.24) is 5.32 Å². The summed E-state index contributed by atoms with van der Waals surface area (Å²) in [5.74, 6) is -0.704. The molecule has 1 heterocycles. The minimum atomic E-state index is -1.67. The maximum Gasteiger partial charge on any atom is 0.249 e. The molecule has 1 aliphatic heterocycles. The van der Waals surface area contributed by atoms with E-state index in [4.69, 9.17) is 9.47 Å². The molecule has 8 N–H and O–H groups in total. The van der Waals surface area contributed by atoms with E-state index in [1.165, 1.54) is 289 Å². The van der Waals surface area contributed by atoms with Crippen molar-refractivity contribution < 1.29 is 50.0 Å². The standard InChI is InChI=1S/C76H145NO10/c1-3-5-7-9-11-13-15-17-19-21-23-25-27-28-29-30-31-32-33-34-35-36-37-38-39-40-41-42-44-46-48-50-52-54-56-58-60-62-64-69(80)75(85)77-67(66-86-76-74(84)73(83)72(82)70(65-78)87-76)71(81)68(79)63-61-59-57-55-53-51-49-47-45-43-26-24-22-20-18-16-14-12-10-8-6-4-2/h34-35,47,49,55,57,67-74,76,78-84H,3-33,36-46,48,50-54,56,58-66H2,1-2H3,(H,77,85)/b35-34-,49-47+,57-55+. The first kappa shape index (κ1) is 83.3. The van der Waals surface area contributed by atoms with E-state index in [0.717, 1.165) is 38.5 Å². The van der Waals surface area contributed by atoms with Gasteiger partial charge in [0.2, 0.25) is 5.91 Å². The highest BCUT2D eigenvalue weighted by molar-refractivity contribution is 5.80. The van der Waals surface area contributed by atoms with Crippen molar-refractivity contribution in [3.8, 4) is 0 Å². The summed E-state index contributed by atoms with van der Waals surface area (Å²) in [4.78, 5) is 13.3. The van der Waals surface area contributed by atoms with Gasteiger partial charge in [-0.05, 0) is 77.0 Å². The van der Waals surface area contributed by atoms with Crippen LogP contribution in [0.15, 0.2) is 36.5 Å². The molecule has 0 aromatic carbocycles. The number of amides is 1. The highest BCUT2D eigenvalue weighted by Gasteiger charge is 2.44. The number of aliphatic hydroxyl groups is 7. The van der Waals surface area contributed by atoms with Gasteiger partial charge in [-0.15, -0.1) is 0 Å². The maximum absolute atomic E-state index is 13.3. The van der Waals surface area contributed by atoms with Gasteiger partial charge in [0.1, 0.15) is 36.6 Å². The molecule has 11 nitrogen and oxygen atoms in total. The Bertz CT molecular complexity index is 1510. The van der Waals surface area contributed by atoms with Gasteiger partial charge in [0.15, 0.2) is 6.29 Å². The van der Waals surface area contributed by atoms with Crippen LogP contribution in [-0.4, -0.2) is 110 Å². The summed E-state index contributed by atoms with van der Waals surface area (Å²) in [5, 5.41) is 76.5. The fourth-order valence-corrected chi connectivity index (χ4v) is 12.3. The molecule has 514 valence electrons. The van der Waals surface area contributed by atoms with Crippen molar-refractivity contribution in [2.45, 2.75) is 428 Å². The molecule has 11 heteroatoms. The van der Waals surface area contributed by atoms with Crippen molar-refractivity contribution in [2.75, 3.05) is 13.2 Å². The van der Waals surface area contributed by atoms with E-state index in [0.29, 0.717) is 19.3 Å². The molecular weight excluding hydrogens is 1090 g/mol. The van der Waals surface area contributed by atoms with E-state index in [1.807, 2.05) is 0 Å². The molecule has 87 heavy (non-hydrogen) atoms. The van der Waals surface area contributed by atoms with Gasteiger partial charge < -0.3 is 50.5 Å². The number of unbranched alkanes of at least 4 members (excludes halogenated alkanes) is 49. The maximum atomic E-state index is 13.3. The van der Waals surface area contributed by atoms with Crippen LogP contribution < -0.4 is 5.32 Å². The lowest BCUT2D eigenvalue weighted by atomic mass is 9.98. The number of nitrogens with one attached hydrogen (secondary N) is 1. The number of hydrogen-bond acceptors (Lipinski definition) is 10. The van der Waals surface area contributed by atoms with Crippen molar-refractivity contribution in [1.29, 1.82) is 0 Å². The van der Waals surface area contributed by atoms with Crippen molar-refractivity contribution >= 4 is 5.91 Å². The van der Waals surface area contributed by atoms with Crippen LogP contribution in [0, 0.1) is 0 Å². The Labute approximate surface area is 537 Å². The molecule has 0 radical (unpaired) electrons. The molecule has 1 saturated heterocycles. The number of carbonyl (C=O) groups is 1. The molecule has 9 unspecified atom stereocenters. The lowest BCUT2D eigenvalue weighted by Crippen LogP contribution is -2.60. The number of aliphatic hydroxyl groups excluding tert-OH is 7. The van der Waals surface area contributed by atoms with Crippen LogP contribution in [0.3, 0.4) is 0 Å². The summed E-state index contributed by atoms with van der Waals surface area (Å²) in [6.45, 7) is 3.49. The number of rotatable bonds is 67. The van der Waals surface area contributed by atoms with E-state index in [2.05, 4.69) is 55.6 Å². The van der Waals surface area contributed by atoms with Gasteiger partial charge in [-0.1, -0.05) is 333 Å². The van der Waals surface area contributed by atoms with E-state index in [-0.39, 0.29) is 12.8 Å². The van der Waals surface area contributed by atoms with Gasteiger partial charge in [0.05, 0.1) is 25.4 Å². The zero-order valence-electron chi connectivity index (χ0n) is 57.0. The van der Waals surface area contributed by atoms with Crippen molar-refractivity contribution in [3.63, 3.8) is 0 Å². The molecule has 1 amide bonds. The van der Waals surface area contributed by atoms with E-state index in [1.54, 1.807) is 0 Å². The Morgan fingerprint density at radius 3 is 1.02 bits per heavy atom. The van der Waals surface area contributed by atoms with Gasteiger partial charge >= 0.3 is 0 Å². The van der Waals surface area contributed by atoms with Gasteiger partial charge in [-0.3, -0.25) is 4.79 Å². The second kappa shape index (κ2) is 64.4. The predicted molar refractivity (Wildman–Crippen MR) is 367 cm³/mol. The van der Waals surface area contributed by atoms with Crippen molar-refractivity contribution in [2.24, 2.45) is 0 Å². The van der Waals surface area contributed by atoms with Gasteiger partial charge in [0, 0.05) is 0 Å². The quantitative estimate of drug-likeness (QED) is 0.0215. The van der Waals surface area contributed by atoms with Crippen LogP contribution in [0.5, 0.6) is 0 Å². The fourth-order valence-electron chi connectivity index (χ4n) is 12.3. The van der Waals surface area contributed by atoms with Crippen LogP contribution >= 0.6 is 0 Å². The molecule has 0 spiro atoms. The number of hydrogen-bond donors (Lipinski definition) is 8. The largest absolute Gasteiger partial charge is 0.394 e.